The molecule has 1 aliphatic carbocycles. The predicted molar refractivity (Wildman–Crippen MR) is 115 cm³/mol. The van der Waals surface area contributed by atoms with Crippen LogP contribution in [0.1, 0.15) is 23.1 Å². The maximum atomic E-state index is 12.9. The molecule has 3 aromatic carbocycles. The van der Waals surface area contributed by atoms with Crippen LogP contribution in [0.4, 0.5) is 0 Å². The van der Waals surface area contributed by atoms with Crippen LogP contribution >= 0.6 is 11.6 Å². The van der Waals surface area contributed by atoms with Crippen LogP contribution in [0.3, 0.4) is 0 Å². The lowest BCUT2D eigenvalue weighted by molar-refractivity contribution is -0.122. The van der Waals surface area contributed by atoms with Gasteiger partial charge in [-0.05, 0) is 23.6 Å². The zero-order valence-electron chi connectivity index (χ0n) is 16.0. The monoisotopic (exact) mass is 418 g/mol. The zero-order chi connectivity index (χ0) is 20.6. The van der Waals surface area contributed by atoms with Gasteiger partial charge in [0.15, 0.2) is 11.5 Å². The zero-order valence-corrected chi connectivity index (χ0v) is 16.8. The van der Waals surface area contributed by atoms with E-state index in [9.17, 15) is 4.79 Å². The second-order valence-corrected chi connectivity index (χ2v) is 7.83. The summed E-state index contributed by atoms with van der Waals surface area (Å²) < 4.78 is 10.7. The highest BCUT2D eigenvalue weighted by atomic mass is 35.5. The molecular weight excluding hydrogens is 400 g/mol. The van der Waals surface area contributed by atoms with E-state index >= 15 is 0 Å². The summed E-state index contributed by atoms with van der Waals surface area (Å²) >= 11 is 6.26. The molecule has 150 valence electrons. The van der Waals surface area contributed by atoms with Crippen molar-refractivity contribution in [3.05, 3.63) is 94.5 Å². The van der Waals surface area contributed by atoms with Crippen LogP contribution in [0, 0.1) is 5.92 Å². The number of hydrogen-bond acceptors (Lipinski definition) is 4. The van der Waals surface area contributed by atoms with Gasteiger partial charge in [-0.2, -0.15) is 5.10 Å². The Morgan fingerprint density at radius 3 is 2.23 bits per heavy atom. The number of benzene rings is 3. The van der Waals surface area contributed by atoms with Gasteiger partial charge in [-0.15, -0.1) is 0 Å². The topological polar surface area (TPSA) is 59.9 Å². The van der Waals surface area contributed by atoms with Crippen molar-refractivity contribution < 1.29 is 14.3 Å². The Morgan fingerprint density at radius 2 is 1.60 bits per heavy atom. The number of amides is 1. The van der Waals surface area contributed by atoms with Gasteiger partial charge in [-0.3, -0.25) is 4.79 Å². The molecule has 5 nitrogen and oxygen atoms in total. The van der Waals surface area contributed by atoms with Crippen LogP contribution in [0.15, 0.2) is 77.9 Å². The third-order valence-corrected chi connectivity index (χ3v) is 6.05. The van der Waals surface area contributed by atoms with E-state index in [0.717, 1.165) is 17.5 Å². The molecule has 3 aromatic rings. The van der Waals surface area contributed by atoms with Crippen molar-refractivity contribution >= 4 is 23.7 Å². The Hall–Kier alpha value is -3.31. The highest BCUT2D eigenvalue weighted by molar-refractivity contribution is 6.33. The number of hydrazone groups is 1. The lowest BCUT2D eigenvalue weighted by atomic mass is 9.85. The molecule has 1 N–H and O–H groups in total. The van der Waals surface area contributed by atoms with E-state index in [1.807, 2.05) is 36.4 Å². The van der Waals surface area contributed by atoms with E-state index in [1.54, 1.807) is 12.1 Å². The standard InChI is InChI=1S/C24H19ClN2O3/c25-20-12-22-21(29-15-30-22)11-16(20)14-26-27-23(28)19-13-24(19,17-7-3-1-4-8-17)18-9-5-2-6-10-18/h1-12,14,19H,13,15H2,(H,27,28). The van der Waals surface area contributed by atoms with Crippen LogP contribution < -0.4 is 14.9 Å². The summed E-state index contributed by atoms with van der Waals surface area (Å²) in [6.07, 6.45) is 2.27. The molecule has 1 heterocycles. The van der Waals surface area contributed by atoms with E-state index in [0.29, 0.717) is 22.1 Å². The number of nitrogens with zero attached hydrogens (tertiary/aromatic N) is 1. The average molecular weight is 419 g/mol. The average Bonchev–Trinajstić information content (AvgIpc) is 3.40. The summed E-state index contributed by atoms with van der Waals surface area (Å²) in [7, 11) is 0. The number of halogens is 1. The van der Waals surface area contributed by atoms with Gasteiger partial charge >= 0.3 is 0 Å². The van der Waals surface area contributed by atoms with Crippen molar-refractivity contribution in [1.29, 1.82) is 0 Å². The molecule has 0 saturated heterocycles. The van der Waals surface area contributed by atoms with Gasteiger partial charge in [-0.1, -0.05) is 72.3 Å². The molecule has 0 radical (unpaired) electrons. The fourth-order valence-corrected chi connectivity index (χ4v) is 4.33. The minimum atomic E-state index is -0.321. The van der Waals surface area contributed by atoms with E-state index in [-0.39, 0.29) is 24.0 Å². The third kappa shape index (κ3) is 3.21. The van der Waals surface area contributed by atoms with Crippen molar-refractivity contribution in [2.24, 2.45) is 11.0 Å². The maximum absolute atomic E-state index is 12.9. The lowest BCUT2D eigenvalue weighted by Crippen LogP contribution is -2.25. The van der Waals surface area contributed by atoms with E-state index in [1.165, 1.54) is 6.21 Å². The van der Waals surface area contributed by atoms with Crippen LogP contribution in [-0.2, 0) is 10.2 Å². The molecule has 1 saturated carbocycles. The smallest absolute Gasteiger partial charge is 0.244 e. The molecule has 1 atom stereocenters. The molecule has 30 heavy (non-hydrogen) atoms. The van der Waals surface area contributed by atoms with Crippen LogP contribution in [0.25, 0.3) is 0 Å². The summed E-state index contributed by atoms with van der Waals surface area (Å²) in [4.78, 5) is 12.9. The Bertz CT molecular complexity index is 1080. The fourth-order valence-electron chi connectivity index (χ4n) is 4.13. The Morgan fingerprint density at radius 1 is 1.00 bits per heavy atom. The van der Waals surface area contributed by atoms with E-state index in [4.69, 9.17) is 21.1 Å². The summed E-state index contributed by atoms with van der Waals surface area (Å²) in [6, 6.07) is 23.7. The van der Waals surface area contributed by atoms with Gasteiger partial charge in [0.1, 0.15) is 0 Å². The van der Waals surface area contributed by atoms with Crippen molar-refractivity contribution in [2.45, 2.75) is 11.8 Å². The molecule has 0 spiro atoms. The van der Waals surface area contributed by atoms with Crippen LogP contribution in [0.5, 0.6) is 11.5 Å². The molecule has 5 rings (SSSR count). The molecule has 1 amide bonds. The predicted octanol–water partition coefficient (Wildman–Crippen LogP) is 4.53. The summed E-state index contributed by atoms with van der Waals surface area (Å²) in [5.41, 5.74) is 5.28. The molecule has 6 heteroatoms. The first kappa shape index (κ1) is 18.7. The molecule has 1 aliphatic heterocycles. The Labute approximate surface area is 179 Å². The van der Waals surface area contributed by atoms with Gasteiger partial charge in [0.05, 0.1) is 17.2 Å². The summed E-state index contributed by atoms with van der Waals surface area (Å²) in [5.74, 6) is 0.915. The van der Waals surface area contributed by atoms with E-state index in [2.05, 4.69) is 34.8 Å². The van der Waals surface area contributed by atoms with Crippen molar-refractivity contribution in [2.75, 3.05) is 6.79 Å². The molecule has 1 fully saturated rings. The van der Waals surface area contributed by atoms with Crippen molar-refractivity contribution in [3.8, 4) is 11.5 Å². The van der Waals surface area contributed by atoms with Gasteiger partial charge < -0.3 is 9.47 Å². The molecule has 0 aromatic heterocycles. The second kappa shape index (κ2) is 7.50. The SMILES string of the molecule is O=C(NN=Cc1cc2c(cc1Cl)OCO2)C1CC1(c1ccccc1)c1ccccc1. The van der Waals surface area contributed by atoms with Gasteiger partial charge in [0.25, 0.3) is 0 Å². The first-order valence-corrected chi connectivity index (χ1v) is 10.1. The number of hydrogen-bond donors (Lipinski definition) is 1. The first-order valence-electron chi connectivity index (χ1n) is 9.71. The van der Waals surface area contributed by atoms with Gasteiger partial charge in [-0.25, -0.2) is 5.43 Å². The quantitative estimate of drug-likeness (QED) is 0.489. The number of rotatable bonds is 5. The van der Waals surface area contributed by atoms with Gasteiger partial charge in [0.2, 0.25) is 12.7 Å². The van der Waals surface area contributed by atoms with Crippen LogP contribution in [-0.4, -0.2) is 18.9 Å². The second-order valence-electron chi connectivity index (χ2n) is 7.42. The van der Waals surface area contributed by atoms with Crippen LogP contribution in [0.2, 0.25) is 5.02 Å². The highest BCUT2D eigenvalue weighted by Gasteiger charge is 2.60. The largest absolute Gasteiger partial charge is 0.454 e. The first-order chi connectivity index (χ1) is 14.7. The minimum absolute atomic E-state index is 0.115. The molecule has 2 aliphatic rings. The van der Waals surface area contributed by atoms with Crippen molar-refractivity contribution in [3.63, 3.8) is 0 Å². The molecule has 0 bridgehead atoms. The number of carbonyl (C=O) groups excluding carboxylic acids is 1. The maximum Gasteiger partial charge on any atom is 0.244 e. The fraction of sp³-hybridized carbons (Fsp3) is 0.167. The van der Waals surface area contributed by atoms with Gasteiger partial charge in [0, 0.05) is 17.0 Å². The highest BCUT2D eigenvalue weighted by Crippen LogP contribution is 2.58. The Balaban J connectivity index is 1.35. The molecule has 1 unspecified atom stereocenters. The van der Waals surface area contributed by atoms with Crippen molar-refractivity contribution in [1.82, 2.24) is 5.43 Å². The number of nitrogens with one attached hydrogen (secondary N) is 1. The summed E-state index contributed by atoms with van der Waals surface area (Å²) in [6.45, 7) is 0.172. The Kier molecular flexibility index (Phi) is 4.68. The minimum Gasteiger partial charge on any atom is -0.454 e. The third-order valence-electron chi connectivity index (χ3n) is 5.73. The summed E-state index contributed by atoms with van der Waals surface area (Å²) in [5, 5.41) is 4.61. The number of ether oxygens (including phenoxy) is 2. The normalized spacial score (nSPS) is 18.4. The number of fused-ring (bicyclic) bond motifs is 1. The molecular formula is C24H19ClN2O3. The lowest BCUT2D eigenvalue weighted by Gasteiger charge is -2.18. The van der Waals surface area contributed by atoms with E-state index < -0.39 is 0 Å². The number of carbonyl (C=O) groups is 1.